The SMILES string of the molecule is CCc1n[nH]c(=S)n1/N=C\c1cc(C)n(-c2ccc(Br)cc2)c1C. The Kier molecular flexibility index (Phi) is 4.82. The molecule has 7 heteroatoms. The molecule has 5 nitrogen and oxygen atoms in total. The summed E-state index contributed by atoms with van der Waals surface area (Å²) in [6.07, 6.45) is 2.60. The molecule has 1 N–H and O–H groups in total. The smallest absolute Gasteiger partial charge is 0.216 e. The van der Waals surface area contributed by atoms with Gasteiger partial charge in [0.15, 0.2) is 5.82 Å². The molecule has 2 heterocycles. The van der Waals surface area contributed by atoms with Gasteiger partial charge in [0.25, 0.3) is 0 Å². The minimum atomic E-state index is 0.504. The largest absolute Gasteiger partial charge is 0.318 e. The number of hydrogen-bond donors (Lipinski definition) is 1. The van der Waals surface area contributed by atoms with Crippen molar-refractivity contribution in [2.24, 2.45) is 5.10 Å². The second-order valence-corrected chi connectivity index (χ2v) is 6.80. The van der Waals surface area contributed by atoms with Gasteiger partial charge in [-0.1, -0.05) is 22.9 Å². The predicted molar refractivity (Wildman–Crippen MR) is 103 cm³/mol. The second kappa shape index (κ2) is 6.86. The van der Waals surface area contributed by atoms with Crippen LogP contribution < -0.4 is 0 Å². The zero-order valence-corrected chi connectivity index (χ0v) is 16.1. The van der Waals surface area contributed by atoms with Crippen molar-refractivity contribution in [3.05, 3.63) is 62.4 Å². The van der Waals surface area contributed by atoms with Crippen molar-refractivity contribution in [1.82, 2.24) is 19.4 Å². The fourth-order valence-corrected chi connectivity index (χ4v) is 3.16. The first-order valence-corrected chi connectivity index (χ1v) is 8.87. The van der Waals surface area contributed by atoms with Gasteiger partial charge in [-0.15, -0.1) is 0 Å². The van der Waals surface area contributed by atoms with Crippen LogP contribution in [0.5, 0.6) is 0 Å². The molecule has 0 spiro atoms. The van der Waals surface area contributed by atoms with Crippen molar-refractivity contribution in [2.45, 2.75) is 27.2 Å². The summed E-state index contributed by atoms with van der Waals surface area (Å²) in [7, 11) is 0. The fraction of sp³-hybridized carbons (Fsp3) is 0.235. The number of aromatic nitrogens is 4. The number of aromatic amines is 1. The second-order valence-electron chi connectivity index (χ2n) is 5.49. The van der Waals surface area contributed by atoms with Crippen molar-refractivity contribution in [3.8, 4) is 5.69 Å². The van der Waals surface area contributed by atoms with Crippen LogP contribution in [0.15, 0.2) is 39.9 Å². The highest BCUT2D eigenvalue weighted by atomic mass is 79.9. The van der Waals surface area contributed by atoms with E-state index in [-0.39, 0.29) is 0 Å². The predicted octanol–water partition coefficient (Wildman–Crippen LogP) is 4.56. The van der Waals surface area contributed by atoms with E-state index in [1.807, 2.05) is 25.3 Å². The molecule has 24 heavy (non-hydrogen) atoms. The summed E-state index contributed by atoms with van der Waals surface area (Å²) < 4.78 is 5.45. The van der Waals surface area contributed by atoms with E-state index in [1.165, 1.54) is 0 Å². The Morgan fingerprint density at radius 3 is 2.67 bits per heavy atom. The van der Waals surface area contributed by atoms with Crippen molar-refractivity contribution in [1.29, 1.82) is 0 Å². The molecular formula is C17H18BrN5S. The first kappa shape index (κ1) is 16.9. The van der Waals surface area contributed by atoms with E-state index in [0.717, 1.165) is 39.4 Å². The molecule has 0 aliphatic rings. The lowest BCUT2D eigenvalue weighted by atomic mass is 10.2. The summed E-state index contributed by atoms with van der Waals surface area (Å²) >= 11 is 8.70. The number of rotatable bonds is 4. The fourth-order valence-electron chi connectivity index (χ4n) is 2.70. The van der Waals surface area contributed by atoms with Crippen molar-refractivity contribution in [2.75, 3.05) is 0 Å². The molecule has 124 valence electrons. The molecule has 0 radical (unpaired) electrons. The number of halogens is 1. The lowest BCUT2D eigenvalue weighted by Gasteiger charge is -2.09. The molecule has 0 amide bonds. The molecule has 3 aromatic rings. The molecule has 2 aromatic heterocycles. The Balaban J connectivity index is 2.00. The third kappa shape index (κ3) is 3.14. The highest BCUT2D eigenvalue weighted by molar-refractivity contribution is 9.10. The Hall–Kier alpha value is -1.99. The summed E-state index contributed by atoms with van der Waals surface area (Å²) in [5, 5.41) is 11.5. The van der Waals surface area contributed by atoms with Crippen LogP contribution in [0, 0.1) is 18.6 Å². The zero-order chi connectivity index (χ0) is 17.3. The molecule has 0 aliphatic carbocycles. The lowest BCUT2D eigenvalue weighted by Crippen LogP contribution is -2.00. The van der Waals surface area contributed by atoms with Gasteiger partial charge in [0, 0.05) is 33.5 Å². The van der Waals surface area contributed by atoms with Crippen molar-refractivity contribution >= 4 is 34.4 Å². The number of aryl methyl sites for hydroxylation is 2. The topological polar surface area (TPSA) is 50.9 Å². The van der Waals surface area contributed by atoms with E-state index in [9.17, 15) is 0 Å². The standard InChI is InChI=1S/C17H18BrN5S/c1-4-16-20-21-17(24)23(16)19-10-13-9-11(2)22(12(13)3)15-7-5-14(18)6-8-15/h5-10H,4H2,1-3H3,(H,21,24)/b19-10-. The zero-order valence-electron chi connectivity index (χ0n) is 13.7. The van der Waals surface area contributed by atoms with Crippen LogP contribution in [0.2, 0.25) is 0 Å². The van der Waals surface area contributed by atoms with E-state index >= 15 is 0 Å². The summed E-state index contributed by atoms with van der Waals surface area (Å²) in [4.78, 5) is 0. The average Bonchev–Trinajstić information content (AvgIpc) is 3.06. The maximum Gasteiger partial charge on any atom is 0.216 e. The Labute approximate surface area is 154 Å². The van der Waals surface area contributed by atoms with Crippen LogP contribution in [-0.2, 0) is 6.42 Å². The lowest BCUT2D eigenvalue weighted by molar-refractivity contribution is 0.780. The first-order valence-electron chi connectivity index (χ1n) is 7.66. The molecule has 0 saturated carbocycles. The number of nitrogens with one attached hydrogen (secondary N) is 1. The van der Waals surface area contributed by atoms with E-state index in [2.05, 4.69) is 67.8 Å². The van der Waals surface area contributed by atoms with Crippen LogP contribution in [0.1, 0.15) is 29.7 Å². The third-order valence-corrected chi connectivity index (χ3v) is 4.69. The molecule has 1 aromatic carbocycles. The van der Waals surface area contributed by atoms with Crippen LogP contribution in [0.25, 0.3) is 5.69 Å². The number of H-pyrrole nitrogens is 1. The van der Waals surface area contributed by atoms with E-state index in [0.29, 0.717) is 4.77 Å². The van der Waals surface area contributed by atoms with E-state index in [1.54, 1.807) is 4.68 Å². The molecule has 0 saturated heterocycles. The summed E-state index contributed by atoms with van der Waals surface area (Å²) in [5.41, 5.74) is 4.47. The van der Waals surface area contributed by atoms with Gasteiger partial charge < -0.3 is 4.57 Å². The Morgan fingerprint density at radius 2 is 2.00 bits per heavy atom. The molecule has 0 atom stereocenters. The highest BCUT2D eigenvalue weighted by Gasteiger charge is 2.10. The van der Waals surface area contributed by atoms with Gasteiger partial charge in [-0.2, -0.15) is 14.9 Å². The van der Waals surface area contributed by atoms with Crippen molar-refractivity contribution < 1.29 is 0 Å². The van der Waals surface area contributed by atoms with Gasteiger partial charge in [-0.3, -0.25) is 5.10 Å². The molecule has 0 aliphatic heterocycles. The van der Waals surface area contributed by atoms with E-state index < -0.39 is 0 Å². The van der Waals surface area contributed by atoms with Gasteiger partial charge in [-0.05, 0) is 56.4 Å². The maximum atomic E-state index is 5.23. The number of benzene rings is 1. The van der Waals surface area contributed by atoms with Crippen LogP contribution in [-0.4, -0.2) is 25.7 Å². The minimum Gasteiger partial charge on any atom is -0.318 e. The number of nitrogens with zero attached hydrogens (tertiary/aromatic N) is 4. The molecular weight excluding hydrogens is 386 g/mol. The van der Waals surface area contributed by atoms with Gasteiger partial charge >= 0.3 is 0 Å². The monoisotopic (exact) mass is 403 g/mol. The van der Waals surface area contributed by atoms with Gasteiger partial charge in [0.2, 0.25) is 4.77 Å². The molecule has 3 rings (SSSR count). The van der Waals surface area contributed by atoms with Crippen LogP contribution >= 0.6 is 28.1 Å². The summed E-state index contributed by atoms with van der Waals surface area (Å²) in [6, 6.07) is 10.4. The Morgan fingerprint density at radius 1 is 1.29 bits per heavy atom. The quantitative estimate of drug-likeness (QED) is 0.512. The summed E-state index contributed by atoms with van der Waals surface area (Å²) in [5.74, 6) is 0.818. The highest BCUT2D eigenvalue weighted by Crippen LogP contribution is 2.21. The Bertz CT molecular complexity index is 947. The third-order valence-electron chi connectivity index (χ3n) is 3.90. The first-order chi connectivity index (χ1) is 11.5. The van der Waals surface area contributed by atoms with Gasteiger partial charge in [0.05, 0.1) is 6.21 Å². The van der Waals surface area contributed by atoms with Gasteiger partial charge in [0.1, 0.15) is 0 Å². The number of hydrogen-bond acceptors (Lipinski definition) is 3. The van der Waals surface area contributed by atoms with Crippen LogP contribution in [0.3, 0.4) is 0 Å². The molecule has 0 fully saturated rings. The van der Waals surface area contributed by atoms with E-state index in [4.69, 9.17) is 12.2 Å². The maximum absolute atomic E-state index is 5.23. The average molecular weight is 404 g/mol. The van der Waals surface area contributed by atoms with Crippen LogP contribution in [0.4, 0.5) is 0 Å². The van der Waals surface area contributed by atoms with Crippen molar-refractivity contribution in [3.63, 3.8) is 0 Å². The molecule has 0 bridgehead atoms. The minimum absolute atomic E-state index is 0.504. The normalized spacial score (nSPS) is 11.5. The molecule has 0 unspecified atom stereocenters. The summed E-state index contributed by atoms with van der Waals surface area (Å²) in [6.45, 7) is 6.20. The van der Waals surface area contributed by atoms with Gasteiger partial charge in [-0.25, -0.2) is 0 Å².